The third-order valence-corrected chi connectivity index (χ3v) is 2.73. The van der Waals surface area contributed by atoms with Crippen molar-refractivity contribution in [2.45, 2.75) is 33.2 Å². The number of carbonyl (C=O) groups is 1. The lowest BCUT2D eigenvalue weighted by Crippen LogP contribution is -2.33. The van der Waals surface area contributed by atoms with Crippen molar-refractivity contribution in [2.75, 3.05) is 0 Å². The van der Waals surface area contributed by atoms with Gasteiger partial charge in [0.15, 0.2) is 5.84 Å². The first kappa shape index (κ1) is 15.0. The standard InChI is InChI=1S/C14H21N3O2/c1-9(2)7-10(3)16-14(18)12-6-4-5-11(8-12)13(15)17-19/h4-6,8-10,19H,7H2,1-3H3,(H2,15,17)(H,16,18). The average molecular weight is 263 g/mol. The SMILES string of the molecule is CC(C)CC(C)NC(=O)c1cccc(/C(N)=N/O)c1. The summed E-state index contributed by atoms with van der Waals surface area (Å²) in [6.45, 7) is 6.20. The normalized spacial score (nSPS) is 13.4. The van der Waals surface area contributed by atoms with E-state index in [0.29, 0.717) is 17.0 Å². The number of hydrogen-bond acceptors (Lipinski definition) is 3. The molecular formula is C14H21N3O2. The molecule has 0 aromatic heterocycles. The predicted molar refractivity (Wildman–Crippen MR) is 75.3 cm³/mol. The lowest BCUT2D eigenvalue weighted by atomic mass is 10.0. The van der Waals surface area contributed by atoms with Crippen LogP contribution in [0.25, 0.3) is 0 Å². The lowest BCUT2D eigenvalue weighted by Gasteiger charge is -2.16. The van der Waals surface area contributed by atoms with Crippen LogP contribution in [0.5, 0.6) is 0 Å². The minimum Gasteiger partial charge on any atom is -0.409 e. The molecule has 0 saturated heterocycles. The molecule has 0 saturated carbocycles. The second-order valence-electron chi connectivity index (χ2n) is 5.07. The van der Waals surface area contributed by atoms with Crippen molar-refractivity contribution in [3.05, 3.63) is 35.4 Å². The smallest absolute Gasteiger partial charge is 0.251 e. The lowest BCUT2D eigenvalue weighted by molar-refractivity contribution is 0.0936. The Hall–Kier alpha value is -2.04. The van der Waals surface area contributed by atoms with E-state index in [1.54, 1.807) is 24.3 Å². The maximum Gasteiger partial charge on any atom is 0.251 e. The first-order valence-corrected chi connectivity index (χ1v) is 6.32. The molecule has 0 heterocycles. The second-order valence-corrected chi connectivity index (χ2v) is 5.07. The van der Waals surface area contributed by atoms with Crippen LogP contribution in [0, 0.1) is 5.92 Å². The Morgan fingerprint density at radius 3 is 2.58 bits per heavy atom. The summed E-state index contributed by atoms with van der Waals surface area (Å²) in [5, 5.41) is 14.5. The maximum absolute atomic E-state index is 12.0. The van der Waals surface area contributed by atoms with Crippen LogP contribution in [0.4, 0.5) is 0 Å². The van der Waals surface area contributed by atoms with Gasteiger partial charge >= 0.3 is 0 Å². The molecule has 0 aliphatic carbocycles. The largest absolute Gasteiger partial charge is 0.409 e. The Morgan fingerprint density at radius 1 is 1.37 bits per heavy atom. The van der Waals surface area contributed by atoms with E-state index in [0.717, 1.165) is 6.42 Å². The molecule has 1 rings (SSSR count). The van der Waals surface area contributed by atoms with Crippen LogP contribution in [0.2, 0.25) is 0 Å². The molecular weight excluding hydrogens is 242 g/mol. The number of nitrogens with one attached hydrogen (secondary N) is 1. The average Bonchev–Trinajstić information content (AvgIpc) is 2.36. The van der Waals surface area contributed by atoms with Gasteiger partial charge in [-0.15, -0.1) is 0 Å². The van der Waals surface area contributed by atoms with Crippen LogP contribution in [-0.2, 0) is 0 Å². The van der Waals surface area contributed by atoms with Gasteiger partial charge in [-0.1, -0.05) is 31.1 Å². The number of amides is 1. The topological polar surface area (TPSA) is 87.7 Å². The molecule has 0 bridgehead atoms. The predicted octanol–water partition coefficient (Wildman–Crippen LogP) is 1.95. The Balaban J connectivity index is 2.77. The highest BCUT2D eigenvalue weighted by molar-refractivity contribution is 6.01. The van der Waals surface area contributed by atoms with Crippen molar-refractivity contribution in [3.8, 4) is 0 Å². The summed E-state index contributed by atoms with van der Waals surface area (Å²) in [5.74, 6) is 0.365. The van der Waals surface area contributed by atoms with E-state index >= 15 is 0 Å². The summed E-state index contributed by atoms with van der Waals surface area (Å²) in [4.78, 5) is 12.0. The fourth-order valence-electron chi connectivity index (χ4n) is 1.95. The van der Waals surface area contributed by atoms with E-state index in [1.807, 2.05) is 6.92 Å². The molecule has 5 heteroatoms. The molecule has 0 fully saturated rings. The van der Waals surface area contributed by atoms with Crippen LogP contribution >= 0.6 is 0 Å². The van der Waals surface area contributed by atoms with Gasteiger partial charge in [-0.25, -0.2) is 0 Å². The van der Waals surface area contributed by atoms with E-state index in [2.05, 4.69) is 24.3 Å². The van der Waals surface area contributed by atoms with Gasteiger partial charge in [0.05, 0.1) is 0 Å². The molecule has 0 aliphatic rings. The van der Waals surface area contributed by atoms with Gasteiger partial charge in [-0.3, -0.25) is 4.79 Å². The summed E-state index contributed by atoms with van der Waals surface area (Å²) in [6, 6.07) is 6.80. The van der Waals surface area contributed by atoms with E-state index in [1.165, 1.54) is 0 Å². The molecule has 19 heavy (non-hydrogen) atoms. The van der Waals surface area contributed by atoms with Crippen LogP contribution in [0.15, 0.2) is 29.4 Å². The zero-order valence-corrected chi connectivity index (χ0v) is 11.6. The van der Waals surface area contributed by atoms with Crippen molar-refractivity contribution < 1.29 is 10.0 Å². The van der Waals surface area contributed by atoms with Gasteiger partial charge < -0.3 is 16.3 Å². The fraction of sp³-hybridized carbons (Fsp3) is 0.429. The number of rotatable bonds is 5. The van der Waals surface area contributed by atoms with Gasteiger partial charge in [0, 0.05) is 17.2 Å². The quantitative estimate of drug-likeness (QED) is 0.328. The minimum atomic E-state index is -0.152. The summed E-state index contributed by atoms with van der Waals surface area (Å²) >= 11 is 0. The fourth-order valence-corrected chi connectivity index (χ4v) is 1.95. The van der Waals surface area contributed by atoms with Gasteiger partial charge in [0.2, 0.25) is 0 Å². The highest BCUT2D eigenvalue weighted by atomic mass is 16.4. The highest BCUT2D eigenvalue weighted by Gasteiger charge is 2.12. The third-order valence-electron chi connectivity index (χ3n) is 2.73. The van der Waals surface area contributed by atoms with E-state index in [-0.39, 0.29) is 17.8 Å². The minimum absolute atomic E-state index is 0.00937. The molecule has 0 aliphatic heterocycles. The van der Waals surface area contributed by atoms with Crippen molar-refractivity contribution in [1.82, 2.24) is 5.32 Å². The summed E-state index contributed by atoms with van der Waals surface area (Å²) in [5.41, 5.74) is 6.52. The van der Waals surface area contributed by atoms with Gasteiger partial charge in [0.1, 0.15) is 0 Å². The first-order chi connectivity index (χ1) is 8.93. The molecule has 5 nitrogen and oxygen atoms in total. The molecule has 1 aromatic rings. The van der Waals surface area contributed by atoms with Crippen LogP contribution in [0.3, 0.4) is 0 Å². The number of oxime groups is 1. The Morgan fingerprint density at radius 2 is 2.00 bits per heavy atom. The van der Waals surface area contributed by atoms with Crippen molar-refractivity contribution in [1.29, 1.82) is 0 Å². The Kier molecular flexibility index (Phi) is 5.36. The molecule has 0 radical (unpaired) electrons. The number of hydrogen-bond donors (Lipinski definition) is 3. The second kappa shape index (κ2) is 6.78. The van der Waals surface area contributed by atoms with Crippen molar-refractivity contribution >= 4 is 11.7 Å². The van der Waals surface area contributed by atoms with Gasteiger partial charge in [-0.2, -0.15) is 0 Å². The number of carbonyl (C=O) groups excluding carboxylic acids is 1. The number of amidine groups is 1. The zero-order chi connectivity index (χ0) is 14.4. The third kappa shape index (κ3) is 4.62. The Labute approximate surface area is 113 Å². The van der Waals surface area contributed by atoms with Crippen molar-refractivity contribution in [3.63, 3.8) is 0 Å². The monoisotopic (exact) mass is 263 g/mol. The number of nitrogens with zero attached hydrogens (tertiary/aromatic N) is 1. The summed E-state index contributed by atoms with van der Waals surface area (Å²) in [7, 11) is 0. The van der Waals surface area contributed by atoms with Crippen molar-refractivity contribution in [2.24, 2.45) is 16.8 Å². The Bertz CT molecular complexity index is 470. The number of nitrogens with two attached hydrogens (primary N) is 1. The first-order valence-electron chi connectivity index (χ1n) is 6.32. The molecule has 0 spiro atoms. The van der Waals surface area contributed by atoms with Crippen LogP contribution in [0.1, 0.15) is 43.1 Å². The van der Waals surface area contributed by atoms with E-state index in [4.69, 9.17) is 10.9 Å². The maximum atomic E-state index is 12.0. The van der Waals surface area contributed by atoms with Crippen LogP contribution in [-0.4, -0.2) is 23.0 Å². The summed E-state index contributed by atoms with van der Waals surface area (Å²) < 4.78 is 0. The van der Waals surface area contributed by atoms with Gasteiger partial charge in [-0.05, 0) is 31.4 Å². The zero-order valence-electron chi connectivity index (χ0n) is 11.6. The molecule has 4 N–H and O–H groups in total. The molecule has 1 unspecified atom stereocenters. The van der Waals surface area contributed by atoms with Gasteiger partial charge in [0.25, 0.3) is 5.91 Å². The molecule has 1 atom stereocenters. The molecule has 104 valence electrons. The highest BCUT2D eigenvalue weighted by Crippen LogP contribution is 2.08. The number of benzene rings is 1. The van der Waals surface area contributed by atoms with Crippen LogP contribution < -0.4 is 11.1 Å². The molecule has 1 amide bonds. The summed E-state index contributed by atoms with van der Waals surface area (Å²) in [6.07, 6.45) is 0.922. The molecule has 1 aromatic carbocycles. The van der Waals surface area contributed by atoms with E-state index in [9.17, 15) is 4.79 Å². The van der Waals surface area contributed by atoms with E-state index < -0.39 is 0 Å².